The summed E-state index contributed by atoms with van der Waals surface area (Å²) in [6.07, 6.45) is -14.1. The third-order valence-electron chi connectivity index (χ3n) is 5.41. The standard InChI is InChI=1S/C22H47NO14/c1-2-34-5-6-36-9-10-37-8-7-35-4-3-23(11-15(26)19(30)21(32)17(28)13-24)12-16(27)20(31)22(33)18(29)14-25/h15-22,24-33H,2-14H2,1H3/t15-,16-,17+,18+,19+,20+,21+,22+/m0/s1. The zero-order valence-electron chi connectivity index (χ0n) is 21.4. The summed E-state index contributed by atoms with van der Waals surface area (Å²) in [6.45, 7) is 2.45. The van der Waals surface area contributed by atoms with Gasteiger partial charge in [0, 0.05) is 26.2 Å². The van der Waals surface area contributed by atoms with Crippen LogP contribution in [0.2, 0.25) is 0 Å². The lowest BCUT2D eigenvalue weighted by molar-refractivity contribution is -0.131. The summed E-state index contributed by atoms with van der Waals surface area (Å²) in [5, 5.41) is 97.2. The van der Waals surface area contributed by atoms with E-state index in [1.54, 1.807) is 0 Å². The maximum atomic E-state index is 10.3. The Morgan fingerprint density at radius 1 is 0.486 bits per heavy atom. The summed E-state index contributed by atoms with van der Waals surface area (Å²) in [5.74, 6) is 0. The van der Waals surface area contributed by atoms with E-state index in [1.807, 2.05) is 6.92 Å². The molecule has 0 saturated heterocycles. The average Bonchev–Trinajstić information content (AvgIpc) is 2.90. The van der Waals surface area contributed by atoms with Crippen molar-refractivity contribution >= 4 is 0 Å². The van der Waals surface area contributed by atoms with E-state index >= 15 is 0 Å². The molecule has 0 saturated carbocycles. The van der Waals surface area contributed by atoms with Gasteiger partial charge in [0.1, 0.15) is 36.6 Å². The van der Waals surface area contributed by atoms with Crippen molar-refractivity contribution < 1.29 is 70.0 Å². The van der Waals surface area contributed by atoms with Gasteiger partial charge in [0.05, 0.1) is 71.7 Å². The Labute approximate surface area is 217 Å². The molecule has 0 aliphatic rings. The Morgan fingerprint density at radius 3 is 1.16 bits per heavy atom. The van der Waals surface area contributed by atoms with Crippen LogP contribution in [0.5, 0.6) is 0 Å². The second kappa shape index (κ2) is 22.2. The maximum absolute atomic E-state index is 10.3. The van der Waals surface area contributed by atoms with Crippen molar-refractivity contribution in [3.8, 4) is 0 Å². The van der Waals surface area contributed by atoms with Crippen LogP contribution in [0.3, 0.4) is 0 Å². The van der Waals surface area contributed by atoms with Gasteiger partial charge >= 0.3 is 0 Å². The minimum Gasteiger partial charge on any atom is -0.394 e. The molecule has 0 aromatic heterocycles. The molecule has 0 fully saturated rings. The van der Waals surface area contributed by atoms with Gasteiger partial charge in [-0.15, -0.1) is 0 Å². The minimum atomic E-state index is -1.85. The number of aliphatic hydroxyl groups excluding tert-OH is 10. The highest BCUT2D eigenvalue weighted by Crippen LogP contribution is 2.10. The van der Waals surface area contributed by atoms with E-state index in [0.29, 0.717) is 33.0 Å². The molecule has 0 aromatic rings. The van der Waals surface area contributed by atoms with Gasteiger partial charge in [0.15, 0.2) is 0 Å². The normalized spacial score (nSPS) is 18.8. The number of rotatable bonds is 25. The van der Waals surface area contributed by atoms with E-state index in [2.05, 4.69) is 0 Å². The van der Waals surface area contributed by atoms with Gasteiger partial charge in [-0.25, -0.2) is 0 Å². The molecule has 0 aliphatic carbocycles. The van der Waals surface area contributed by atoms with E-state index in [4.69, 9.17) is 29.2 Å². The molecule has 15 heteroatoms. The number of ether oxygens (including phenoxy) is 4. The van der Waals surface area contributed by atoms with Crippen molar-refractivity contribution in [1.82, 2.24) is 4.90 Å². The van der Waals surface area contributed by atoms with Crippen LogP contribution < -0.4 is 0 Å². The number of hydrogen-bond acceptors (Lipinski definition) is 15. The Balaban J connectivity index is 4.68. The maximum Gasteiger partial charge on any atom is 0.111 e. The lowest BCUT2D eigenvalue weighted by atomic mass is 10.0. The van der Waals surface area contributed by atoms with Crippen LogP contribution in [0.1, 0.15) is 6.92 Å². The minimum absolute atomic E-state index is 0.0609. The lowest BCUT2D eigenvalue weighted by Crippen LogP contribution is -2.53. The zero-order valence-corrected chi connectivity index (χ0v) is 21.4. The van der Waals surface area contributed by atoms with Crippen LogP contribution in [0.25, 0.3) is 0 Å². The monoisotopic (exact) mass is 549 g/mol. The molecule has 0 rings (SSSR count). The highest BCUT2D eigenvalue weighted by molar-refractivity contribution is 4.86. The predicted octanol–water partition coefficient (Wildman–Crippen LogP) is -5.75. The number of nitrogens with zero attached hydrogens (tertiary/aromatic N) is 1. The summed E-state index contributed by atoms with van der Waals surface area (Å²) in [4.78, 5) is 1.35. The summed E-state index contributed by atoms with van der Waals surface area (Å²) in [7, 11) is 0. The molecule has 0 aliphatic heterocycles. The van der Waals surface area contributed by atoms with Crippen molar-refractivity contribution in [2.45, 2.75) is 55.8 Å². The van der Waals surface area contributed by atoms with Gasteiger partial charge in [-0.3, -0.25) is 4.90 Å². The van der Waals surface area contributed by atoms with Gasteiger partial charge in [-0.2, -0.15) is 0 Å². The van der Waals surface area contributed by atoms with Crippen LogP contribution in [0, 0.1) is 0 Å². The first kappa shape index (κ1) is 36.4. The van der Waals surface area contributed by atoms with Crippen LogP contribution >= 0.6 is 0 Å². The molecule has 0 bridgehead atoms. The fourth-order valence-electron chi connectivity index (χ4n) is 3.13. The molecular weight excluding hydrogens is 502 g/mol. The highest BCUT2D eigenvalue weighted by Gasteiger charge is 2.34. The van der Waals surface area contributed by atoms with Gasteiger partial charge in [0.2, 0.25) is 0 Å². The SMILES string of the molecule is CCOCCOCCOCCOCCN(C[C@H](O)[C@@H](O)[C@H](O)[C@H](O)CO)C[C@H](O)[C@@H](O)[C@H](O)[C@H](O)CO. The van der Waals surface area contributed by atoms with E-state index < -0.39 is 62.0 Å². The molecule has 15 nitrogen and oxygen atoms in total. The lowest BCUT2D eigenvalue weighted by Gasteiger charge is -2.33. The number of aliphatic hydroxyl groups is 10. The summed E-state index contributed by atoms with van der Waals surface area (Å²) < 4.78 is 21.3. The second-order valence-corrected chi connectivity index (χ2v) is 8.39. The Kier molecular flexibility index (Phi) is 21.9. The second-order valence-electron chi connectivity index (χ2n) is 8.39. The number of hydrogen-bond donors (Lipinski definition) is 10. The van der Waals surface area contributed by atoms with Crippen LogP contribution in [0.15, 0.2) is 0 Å². The summed E-state index contributed by atoms with van der Waals surface area (Å²) >= 11 is 0. The predicted molar refractivity (Wildman–Crippen MR) is 128 cm³/mol. The third kappa shape index (κ3) is 16.2. The summed E-state index contributed by atoms with van der Waals surface area (Å²) in [6, 6.07) is 0. The van der Waals surface area contributed by atoms with E-state index in [0.717, 1.165) is 0 Å². The Hall–Kier alpha value is -0.600. The van der Waals surface area contributed by atoms with Gasteiger partial charge in [-0.05, 0) is 6.92 Å². The van der Waals surface area contributed by atoms with Gasteiger partial charge in [0.25, 0.3) is 0 Å². The third-order valence-corrected chi connectivity index (χ3v) is 5.41. The molecule has 0 spiro atoms. The molecule has 10 N–H and O–H groups in total. The van der Waals surface area contributed by atoms with Crippen molar-refractivity contribution in [2.75, 3.05) is 85.7 Å². The molecule has 8 atom stereocenters. The molecule has 0 heterocycles. The Bertz CT molecular complexity index is 492. The smallest absolute Gasteiger partial charge is 0.111 e. The van der Waals surface area contributed by atoms with Gasteiger partial charge < -0.3 is 70.0 Å². The van der Waals surface area contributed by atoms with Crippen molar-refractivity contribution in [3.05, 3.63) is 0 Å². The average molecular weight is 550 g/mol. The van der Waals surface area contributed by atoms with Crippen molar-refractivity contribution in [2.24, 2.45) is 0 Å². The van der Waals surface area contributed by atoms with E-state index in [1.165, 1.54) is 4.90 Å². The van der Waals surface area contributed by atoms with Crippen molar-refractivity contribution in [3.63, 3.8) is 0 Å². The fourth-order valence-corrected chi connectivity index (χ4v) is 3.13. The van der Waals surface area contributed by atoms with Gasteiger partial charge in [-0.1, -0.05) is 0 Å². The zero-order chi connectivity index (χ0) is 28.2. The molecule has 0 amide bonds. The molecule has 0 unspecified atom stereocenters. The molecule has 37 heavy (non-hydrogen) atoms. The van der Waals surface area contributed by atoms with E-state index in [9.17, 15) is 40.9 Å². The van der Waals surface area contributed by atoms with E-state index in [-0.39, 0.29) is 39.5 Å². The quantitative estimate of drug-likeness (QED) is 0.0477. The van der Waals surface area contributed by atoms with Crippen LogP contribution in [-0.4, -0.2) is 191 Å². The highest BCUT2D eigenvalue weighted by atomic mass is 16.6. The first-order valence-corrected chi connectivity index (χ1v) is 12.3. The Morgan fingerprint density at radius 2 is 0.811 bits per heavy atom. The molecule has 0 radical (unpaired) electrons. The first-order valence-electron chi connectivity index (χ1n) is 12.3. The molecule has 224 valence electrons. The summed E-state index contributed by atoms with van der Waals surface area (Å²) in [5.41, 5.74) is 0. The fraction of sp³-hybridized carbons (Fsp3) is 1.00. The largest absolute Gasteiger partial charge is 0.394 e. The first-order chi connectivity index (χ1) is 17.6. The van der Waals surface area contributed by atoms with Crippen LogP contribution in [-0.2, 0) is 18.9 Å². The molecular formula is C22H47NO14. The van der Waals surface area contributed by atoms with Crippen molar-refractivity contribution in [1.29, 1.82) is 0 Å². The topological polar surface area (TPSA) is 242 Å². The van der Waals surface area contributed by atoms with Crippen LogP contribution in [0.4, 0.5) is 0 Å². The molecule has 0 aromatic carbocycles.